The van der Waals surface area contributed by atoms with Gasteiger partial charge in [0.15, 0.2) is 11.0 Å². The van der Waals surface area contributed by atoms with Crippen molar-refractivity contribution in [3.8, 4) is 0 Å². The predicted octanol–water partition coefficient (Wildman–Crippen LogP) is 4.45. The van der Waals surface area contributed by atoms with Gasteiger partial charge in [0.2, 0.25) is 0 Å². The van der Waals surface area contributed by atoms with Gasteiger partial charge in [-0.1, -0.05) is 48.5 Å². The number of rotatable bonds is 4. The molecular weight excluding hydrogens is 432 g/mol. The molecule has 0 bridgehead atoms. The summed E-state index contributed by atoms with van der Waals surface area (Å²) in [5.41, 5.74) is 2.09. The zero-order chi connectivity index (χ0) is 23.7. The maximum absolute atomic E-state index is 13.1. The van der Waals surface area contributed by atoms with Crippen LogP contribution in [0, 0.1) is 4.91 Å². The van der Waals surface area contributed by atoms with Crippen LogP contribution in [0.15, 0.2) is 97.1 Å². The van der Waals surface area contributed by atoms with Crippen LogP contribution in [-0.4, -0.2) is 21.8 Å². The summed E-state index contributed by atoms with van der Waals surface area (Å²) < 4.78 is 1.57. The van der Waals surface area contributed by atoms with E-state index in [9.17, 15) is 19.7 Å². The number of hydrogen-bond acceptors (Lipinski definition) is 4. The maximum Gasteiger partial charge on any atom is 0.292 e. The summed E-state index contributed by atoms with van der Waals surface area (Å²) in [6.07, 6.45) is 0. The second kappa shape index (κ2) is 8.51. The molecule has 0 spiro atoms. The molecule has 5 aromatic rings. The standard InChI is InChI=1S/C26H18N4O4/c31-25(17-9-3-1-4-10-17)27-19-15-23-24(30(34)22-14-8-7-13-21(22)29(23)33)16-20(19)28-26(32)18-11-5-2-6-12-18/h1-16,33H,(H-,27,28,31,32,34)/p+1. The smallest absolute Gasteiger partial charge is 0.292 e. The summed E-state index contributed by atoms with van der Waals surface area (Å²) in [6.45, 7) is 0. The molecule has 3 N–H and O–H groups in total. The van der Waals surface area contributed by atoms with Crippen molar-refractivity contribution in [1.29, 1.82) is 0 Å². The van der Waals surface area contributed by atoms with E-state index in [-0.39, 0.29) is 27.9 Å². The Labute approximate surface area is 193 Å². The summed E-state index contributed by atoms with van der Waals surface area (Å²) in [5.74, 6) is -0.819. The van der Waals surface area contributed by atoms with E-state index in [4.69, 9.17) is 0 Å². The van der Waals surface area contributed by atoms with Crippen molar-refractivity contribution in [2.24, 2.45) is 0 Å². The third-order valence-electron chi connectivity index (χ3n) is 5.46. The minimum atomic E-state index is -0.412. The number of aromatic nitrogens is 2. The summed E-state index contributed by atoms with van der Waals surface area (Å²) in [4.78, 5) is 38.8. The topological polar surface area (TPSA) is 106 Å². The van der Waals surface area contributed by atoms with Gasteiger partial charge in [-0.3, -0.25) is 9.59 Å². The van der Waals surface area contributed by atoms with E-state index in [2.05, 4.69) is 10.6 Å². The van der Waals surface area contributed by atoms with Crippen LogP contribution in [0.5, 0.6) is 0 Å². The van der Waals surface area contributed by atoms with Crippen molar-refractivity contribution in [3.63, 3.8) is 0 Å². The first-order chi connectivity index (χ1) is 16.5. The fourth-order valence-corrected chi connectivity index (χ4v) is 3.76. The van der Waals surface area contributed by atoms with Crippen LogP contribution >= 0.6 is 0 Å². The zero-order valence-corrected chi connectivity index (χ0v) is 17.8. The average Bonchev–Trinajstić information content (AvgIpc) is 2.89. The van der Waals surface area contributed by atoms with Gasteiger partial charge in [0.1, 0.15) is 0 Å². The van der Waals surface area contributed by atoms with Gasteiger partial charge >= 0.3 is 0 Å². The molecule has 8 nitrogen and oxygen atoms in total. The Morgan fingerprint density at radius 1 is 0.647 bits per heavy atom. The van der Waals surface area contributed by atoms with Gasteiger partial charge in [-0.05, 0) is 36.4 Å². The van der Waals surface area contributed by atoms with E-state index in [0.29, 0.717) is 21.1 Å². The monoisotopic (exact) mass is 451 g/mol. The van der Waals surface area contributed by atoms with Crippen molar-refractivity contribution in [1.82, 2.24) is 4.73 Å². The lowest BCUT2D eigenvalue weighted by atomic mass is 10.1. The van der Waals surface area contributed by atoms with E-state index in [1.807, 2.05) is 0 Å². The van der Waals surface area contributed by atoms with Crippen molar-refractivity contribution >= 4 is 45.3 Å². The van der Waals surface area contributed by atoms with Crippen LogP contribution < -0.4 is 15.1 Å². The Balaban J connectivity index is 1.68. The Kier molecular flexibility index (Phi) is 5.23. The number of nitrogens with zero attached hydrogens (tertiary/aromatic N) is 2. The van der Waals surface area contributed by atoms with Crippen molar-refractivity contribution in [2.75, 3.05) is 10.6 Å². The lowest BCUT2D eigenvalue weighted by Crippen LogP contribution is -2.22. The molecule has 0 fully saturated rings. The molecule has 0 aliphatic carbocycles. The highest BCUT2D eigenvalue weighted by molar-refractivity contribution is 6.11. The average molecular weight is 451 g/mol. The first kappa shape index (κ1) is 20.9. The van der Waals surface area contributed by atoms with Crippen LogP contribution in [0.1, 0.15) is 20.7 Å². The SMILES string of the molecule is O=C(Nc1cc2c(cc1NC(=O)c1ccccc1)[n+](=O)c1ccccc1n2O)c1ccccc1. The molecule has 0 atom stereocenters. The van der Waals surface area contributed by atoms with Gasteiger partial charge < -0.3 is 15.8 Å². The van der Waals surface area contributed by atoms with E-state index in [1.165, 1.54) is 12.1 Å². The van der Waals surface area contributed by atoms with Gasteiger partial charge in [0, 0.05) is 28.2 Å². The molecule has 1 aromatic heterocycles. The van der Waals surface area contributed by atoms with Crippen LogP contribution in [0.2, 0.25) is 0 Å². The number of anilines is 2. The Morgan fingerprint density at radius 2 is 1.15 bits per heavy atom. The van der Waals surface area contributed by atoms with E-state index < -0.39 is 11.8 Å². The first-order valence-electron chi connectivity index (χ1n) is 10.5. The lowest BCUT2D eigenvalue weighted by molar-refractivity contribution is -0.433. The molecule has 0 saturated carbocycles. The van der Waals surface area contributed by atoms with Gasteiger partial charge in [0.05, 0.1) is 15.8 Å². The number of amides is 2. The van der Waals surface area contributed by atoms with Gasteiger partial charge in [-0.25, -0.2) is 0 Å². The molecular formula is C26H19N4O4+. The fraction of sp³-hybridized carbons (Fsp3) is 0. The number of fused-ring (bicyclic) bond motifs is 2. The first-order valence-corrected chi connectivity index (χ1v) is 10.5. The molecule has 8 heteroatoms. The molecule has 5 rings (SSSR count). The number of para-hydroxylation sites is 2. The highest BCUT2D eigenvalue weighted by Gasteiger charge is 2.22. The van der Waals surface area contributed by atoms with Gasteiger partial charge in [-0.2, -0.15) is 4.73 Å². The Hall–Kier alpha value is -4.98. The van der Waals surface area contributed by atoms with Gasteiger partial charge in [-0.15, -0.1) is 0 Å². The van der Waals surface area contributed by atoms with Gasteiger partial charge in [0.25, 0.3) is 22.8 Å². The van der Waals surface area contributed by atoms with Crippen LogP contribution in [0.25, 0.3) is 22.1 Å². The maximum atomic E-state index is 13.1. The van der Waals surface area contributed by atoms with Crippen molar-refractivity contribution < 1.29 is 19.2 Å². The molecule has 0 radical (unpaired) electrons. The number of hydrogen-bond donors (Lipinski definition) is 3. The molecule has 0 saturated heterocycles. The van der Waals surface area contributed by atoms with Crippen LogP contribution in [-0.2, 0) is 0 Å². The van der Waals surface area contributed by atoms with E-state index in [0.717, 1.165) is 4.73 Å². The van der Waals surface area contributed by atoms with Crippen LogP contribution in [0.4, 0.5) is 11.4 Å². The minimum absolute atomic E-state index is 0.113. The number of carbonyl (C=O) groups excluding carboxylic acids is 2. The fourth-order valence-electron chi connectivity index (χ4n) is 3.76. The van der Waals surface area contributed by atoms with E-state index in [1.54, 1.807) is 84.9 Å². The van der Waals surface area contributed by atoms with Crippen molar-refractivity contribution in [2.45, 2.75) is 0 Å². The summed E-state index contributed by atoms with van der Waals surface area (Å²) in [7, 11) is 0. The van der Waals surface area contributed by atoms with Crippen molar-refractivity contribution in [3.05, 3.63) is 113 Å². The summed E-state index contributed by atoms with van der Waals surface area (Å²) in [5, 5.41) is 16.4. The third kappa shape index (κ3) is 3.73. The largest absolute Gasteiger partial charge is 0.427 e. The lowest BCUT2D eigenvalue weighted by Gasteiger charge is -2.14. The number of carbonyl (C=O) groups is 2. The number of benzene rings is 4. The molecule has 0 unspecified atom stereocenters. The second-order valence-electron chi connectivity index (χ2n) is 7.62. The van der Waals surface area contributed by atoms with E-state index >= 15 is 0 Å². The highest BCUT2D eigenvalue weighted by Crippen LogP contribution is 2.29. The summed E-state index contributed by atoms with van der Waals surface area (Å²) >= 11 is 0. The molecule has 0 aliphatic rings. The third-order valence-corrected chi connectivity index (χ3v) is 5.46. The molecule has 0 aliphatic heterocycles. The molecule has 2 amide bonds. The molecule has 166 valence electrons. The second-order valence-corrected chi connectivity index (χ2v) is 7.62. The minimum Gasteiger partial charge on any atom is -0.427 e. The zero-order valence-electron chi connectivity index (χ0n) is 17.8. The molecule has 1 heterocycles. The predicted molar refractivity (Wildman–Crippen MR) is 129 cm³/mol. The molecule has 4 aromatic carbocycles. The molecule has 34 heavy (non-hydrogen) atoms. The highest BCUT2D eigenvalue weighted by atomic mass is 16.5. The number of nitrogens with one attached hydrogen (secondary N) is 2. The normalized spacial score (nSPS) is 10.8. The Morgan fingerprint density at radius 3 is 1.74 bits per heavy atom. The summed E-state index contributed by atoms with van der Waals surface area (Å²) in [6, 6.07) is 26.6. The van der Waals surface area contributed by atoms with Crippen LogP contribution in [0.3, 0.4) is 0 Å². The Bertz CT molecular complexity index is 1610. The quantitative estimate of drug-likeness (QED) is 0.213.